The van der Waals surface area contributed by atoms with Crippen LogP contribution in [0.3, 0.4) is 0 Å². The highest BCUT2D eigenvalue weighted by Crippen LogP contribution is 2.38. The zero-order chi connectivity index (χ0) is 42.5. The van der Waals surface area contributed by atoms with Gasteiger partial charge in [-0.2, -0.15) is 10.5 Å². The van der Waals surface area contributed by atoms with Crippen molar-refractivity contribution in [3.05, 3.63) is 148 Å². The molecule has 0 fully saturated rings. The normalized spacial score (nSPS) is 10.8. The van der Waals surface area contributed by atoms with Crippen LogP contribution in [0.1, 0.15) is 44.6 Å². The van der Waals surface area contributed by atoms with Crippen molar-refractivity contribution in [3.8, 4) is 57.4 Å². The second-order valence-electron chi connectivity index (χ2n) is 12.4. The number of nitriles is 2. The fourth-order valence-corrected chi connectivity index (χ4v) is 7.51. The molecule has 300 valence electrons. The molecule has 12 nitrogen and oxygen atoms in total. The summed E-state index contributed by atoms with van der Waals surface area (Å²) in [6.45, 7) is 3.73. The predicted molar refractivity (Wildman–Crippen MR) is 221 cm³/mol. The zero-order valence-corrected chi connectivity index (χ0v) is 35.3. The van der Waals surface area contributed by atoms with Gasteiger partial charge in [0.1, 0.15) is 16.4 Å². The van der Waals surface area contributed by atoms with Crippen LogP contribution in [-0.4, -0.2) is 30.0 Å². The first-order valence-electron chi connectivity index (χ1n) is 17.1. The first kappa shape index (κ1) is 42.2. The quantitative estimate of drug-likeness (QED) is 0.127. The Morgan fingerprint density at radius 3 is 1.65 bits per heavy atom. The lowest BCUT2D eigenvalue weighted by Gasteiger charge is -2.11. The van der Waals surface area contributed by atoms with Crippen LogP contribution in [0.15, 0.2) is 80.9 Å². The molecular weight excluding hydrogens is 900 g/mol. The van der Waals surface area contributed by atoms with Gasteiger partial charge in [0.2, 0.25) is 17.7 Å². The SMILES string of the molecule is Cc1nnsc1-c1nnc(Cc2ccc(Cl)c(Oc3cc(Cl)cc(C#N)c3)c2F)o1.Cc1sccc1-c1nnc(Cc2ccc(Cl)c(Oc3cc(Cl)cc(C#N)c3)c2F)o1. The standard InChI is InChI=1S/C21H12Cl2FN3O2S.C19H10Cl2FN5O2S/c1-11-16(4-5-30-11)21-27-26-18(29-21)8-13-2-3-17(23)20(19(13)24)28-15-7-12(10-25)6-14(22)9-15;1-9-18(30-27-24-9)19-26-25-15(29-19)6-11-2-3-14(21)17(16(11)22)28-13-5-10(8-23)4-12(20)7-13/h2-7,9H,8H2,1H3;2-5,7H,6H2,1H3. The first-order chi connectivity index (χ1) is 28.9. The third-order valence-electron chi connectivity index (χ3n) is 8.25. The molecule has 0 aliphatic carbocycles. The molecule has 0 aliphatic rings. The molecule has 60 heavy (non-hydrogen) atoms. The van der Waals surface area contributed by atoms with Gasteiger partial charge < -0.3 is 18.3 Å². The second-order valence-corrected chi connectivity index (χ2v) is 16.0. The van der Waals surface area contributed by atoms with Crippen molar-refractivity contribution < 1.29 is 27.1 Å². The summed E-state index contributed by atoms with van der Waals surface area (Å²) in [5.74, 6) is -0.198. The van der Waals surface area contributed by atoms with Crippen molar-refractivity contribution in [1.82, 2.24) is 30.0 Å². The number of halogens is 6. The maximum absolute atomic E-state index is 15.1. The Bertz CT molecular complexity index is 2760. The van der Waals surface area contributed by atoms with Gasteiger partial charge in [-0.15, -0.1) is 36.8 Å². The van der Waals surface area contributed by atoms with E-state index in [4.69, 9.17) is 75.2 Å². The lowest BCUT2D eigenvalue weighted by atomic mass is 10.1. The Balaban J connectivity index is 0.000000181. The maximum Gasteiger partial charge on any atom is 0.261 e. The molecule has 0 radical (unpaired) electrons. The van der Waals surface area contributed by atoms with E-state index in [2.05, 4.69) is 30.0 Å². The molecular formula is C40H22Cl4F2N8O4S2. The van der Waals surface area contributed by atoms with E-state index in [-0.39, 0.29) is 90.8 Å². The van der Waals surface area contributed by atoms with Crippen LogP contribution in [-0.2, 0) is 12.8 Å². The monoisotopic (exact) mass is 920 g/mol. The number of aromatic nitrogens is 6. The molecule has 0 bridgehead atoms. The van der Waals surface area contributed by atoms with Crippen LogP contribution in [0.5, 0.6) is 23.0 Å². The molecule has 0 N–H and O–H groups in total. The average Bonchev–Trinajstić information content (AvgIpc) is 4.06. The molecule has 0 saturated carbocycles. The van der Waals surface area contributed by atoms with Gasteiger partial charge in [0.15, 0.2) is 23.1 Å². The highest BCUT2D eigenvalue weighted by atomic mass is 35.5. The van der Waals surface area contributed by atoms with E-state index in [9.17, 15) is 0 Å². The summed E-state index contributed by atoms with van der Waals surface area (Å²) in [6.07, 6.45) is 0.0885. The fourth-order valence-electron chi connectivity index (χ4n) is 5.43. The van der Waals surface area contributed by atoms with E-state index in [0.717, 1.165) is 22.0 Å². The predicted octanol–water partition coefficient (Wildman–Crippen LogP) is 12.4. The lowest BCUT2D eigenvalue weighted by molar-refractivity contribution is 0.437. The number of hydrogen-bond acceptors (Lipinski definition) is 14. The Hall–Kier alpha value is -5.98. The minimum absolute atomic E-state index is 0.0244. The fraction of sp³-hybridized carbons (Fsp3) is 0.100. The van der Waals surface area contributed by atoms with Crippen molar-refractivity contribution in [3.63, 3.8) is 0 Å². The molecule has 8 rings (SSSR count). The number of rotatable bonds is 10. The number of benzene rings is 4. The summed E-state index contributed by atoms with van der Waals surface area (Å²) < 4.78 is 56.6. The van der Waals surface area contributed by atoms with E-state index in [1.54, 1.807) is 18.3 Å². The molecule has 4 aromatic heterocycles. The molecule has 0 saturated heterocycles. The molecule has 0 atom stereocenters. The number of aryl methyl sites for hydroxylation is 2. The largest absolute Gasteiger partial charge is 0.453 e. The van der Waals surface area contributed by atoms with Crippen LogP contribution in [0.25, 0.3) is 22.2 Å². The van der Waals surface area contributed by atoms with Gasteiger partial charge in [-0.05, 0) is 85.4 Å². The number of ether oxygens (including phenoxy) is 2. The molecule has 4 heterocycles. The van der Waals surface area contributed by atoms with E-state index in [0.29, 0.717) is 21.5 Å². The molecule has 0 aliphatic heterocycles. The van der Waals surface area contributed by atoms with Crippen LogP contribution in [0.2, 0.25) is 20.1 Å². The summed E-state index contributed by atoms with van der Waals surface area (Å²) in [5, 5.41) is 40.7. The van der Waals surface area contributed by atoms with Crippen LogP contribution >= 0.6 is 69.3 Å². The number of hydrogen-bond donors (Lipinski definition) is 0. The van der Waals surface area contributed by atoms with E-state index in [1.165, 1.54) is 60.7 Å². The average molecular weight is 923 g/mol. The van der Waals surface area contributed by atoms with Gasteiger partial charge in [0.05, 0.1) is 57.4 Å². The van der Waals surface area contributed by atoms with Crippen molar-refractivity contribution in [2.24, 2.45) is 0 Å². The Morgan fingerprint density at radius 2 is 1.18 bits per heavy atom. The Morgan fingerprint density at radius 1 is 0.667 bits per heavy atom. The van der Waals surface area contributed by atoms with Crippen molar-refractivity contribution >= 4 is 69.3 Å². The molecule has 20 heteroatoms. The first-order valence-corrected chi connectivity index (χ1v) is 20.2. The van der Waals surface area contributed by atoms with Crippen molar-refractivity contribution in [2.75, 3.05) is 0 Å². The number of nitrogens with zero attached hydrogens (tertiary/aromatic N) is 8. The van der Waals surface area contributed by atoms with Gasteiger partial charge in [-0.1, -0.05) is 63.0 Å². The topological polar surface area (TPSA) is 170 Å². The van der Waals surface area contributed by atoms with Gasteiger partial charge in [-0.3, -0.25) is 0 Å². The summed E-state index contributed by atoms with van der Waals surface area (Å²) >= 11 is 26.9. The highest BCUT2D eigenvalue weighted by Gasteiger charge is 2.21. The smallest absolute Gasteiger partial charge is 0.261 e. The van der Waals surface area contributed by atoms with Gasteiger partial charge >= 0.3 is 0 Å². The van der Waals surface area contributed by atoms with Crippen LogP contribution in [0, 0.1) is 48.1 Å². The van der Waals surface area contributed by atoms with E-state index in [1.807, 2.05) is 30.5 Å². The summed E-state index contributed by atoms with van der Waals surface area (Å²) in [7, 11) is 0. The van der Waals surface area contributed by atoms with Gasteiger partial charge in [0, 0.05) is 26.0 Å². The molecule has 0 amide bonds. The van der Waals surface area contributed by atoms with Gasteiger partial charge in [0.25, 0.3) is 5.89 Å². The van der Waals surface area contributed by atoms with E-state index >= 15 is 8.78 Å². The van der Waals surface area contributed by atoms with Crippen LogP contribution in [0.4, 0.5) is 8.78 Å². The molecule has 0 unspecified atom stereocenters. The molecule has 0 spiro atoms. The third kappa shape index (κ3) is 9.72. The second kappa shape index (κ2) is 18.5. The van der Waals surface area contributed by atoms with Crippen molar-refractivity contribution in [2.45, 2.75) is 26.7 Å². The lowest BCUT2D eigenvalue weighted by Crippen LogP contribution is -1.98. The third-order valence-corrected chi connectivity index (χ3v) is 10.9. The maximum atomic E-state index is 15.1. The highest BCUT2D eigenvalue weighted by molar-refractivity contribution is 7.10. The summed E-state index contributed by atoms with van der Waals surface area (Å²) in [6, 6.07) is 20.6. The van der Waals surface area contributed by atoms with Crippen LogP contribution < -0.4 is 9.47 Å². The Kier molecular flexibility index (Phi) is 13.0. The minimum Gasteiger partial charge on any atom is -0.453 e. The van der Waals surface area contributed by atoms with Gasteiger partial charge in [-0.25, -0.2) is 8.78 Å². The van der Waals surface area contributed by atoms with Crippen molar-refractivity contribution in [1.29, 1.82) is 10.5 Å². The molecule has 4 aromatic carbocycles. The summed E-state index contributed by atoms with van der Waals surface area (Å²) in [4.78, 5) is 1.71. The molecule has 8 aromatic rings. The summed E-state index contributed by atoms with van der Waals surface area (Å²) in [5.41, 5.74) is 2.60. The Labute approximate surface area is 367 Å². The zero-order valence-electron chi connectivity index (χ0n) is 30.6. The number of thiophene rings is 1. The minimum atomic E-state index is -0.684. The van der Waals surface area contributed by atoms with E-state index < -0.39 is 11.6 Å².